The molecule has 0 aliphatic rings. The predicted octanol–water partition coefficient (Wildman–Crippen LogP) is 8.77. The highest BCUT2D eigenvalue weighted by molar-refractivity contribution is 5.69. The fraction of sp³-hybridized carbons (Fsp3) is 0.857. The molecule has 0 radical (unpaired) electrons. The van der Waals surface area contributed by atoms with Crippen LogP contribution < -0.4 is 0 Å². The minimum Gasteiger partial charge on any atom is -0.481 e. The summed E-state index contributed by atoms with van der Waals surface area (Å²) in [5.74, 6) is -0.757. The summed E-state index contributed by atoms with van der Waals surface area (Å²) >= 11 is 0. The van der Waals surface area contributed by atoms with Crippen molar-refractivity contribution < 1.29 is 19.4 Å². The van der Waals surface area contributed by atoms with E-state index in [1.54, 1.807) is 0 Å². The van der Waals surface area contributed by atoms with E-state index in [0.29, 0.717) is 6.42 Å². The van der Waals surface area contributed by atoms with Crippen LogP contribution in [0.2, 0.25) is 0 Å². The van der Waals surface area contributed by atoms with Crippen LogP contribution in [0.4, 0.5) is 0 Å². The van der Waals surface area contributed by atoms with Crippen LogP contribution in [0.5, 0.6) is 0 Å². The Labute approximate surface area is 198 Å². The number of unbranched alkanes of at least 4 members (excludes halogenated alkanes) is 15. The van der Waals surface area contributed by atoms with Gasteiger partial charge in [0.1, 0.15) is 6.10 Å². The van der Waals surface area contributed by atoms with Crippen LogP contribution in [0.1, 0.15) is 149 Å². The van der Waals surface area contributed by atoms with E-state index in [1.807, 2.05) is 0 Å². The van der Waals surface area contributed by atoms with Gasteiger partial charge in [0.15, 0.2) is 0 Å². The van der Waals surface area contributed by atoms with Gasteiger partial charge in [-0.2, -0.15) is 0 Å². The second-order valence-corrected chi connectivity index (χ2v) is 9.23. The van der Waals surface area contributed by atoms with Crippen molar-refractivity contribution in [3.8, 4) is 0 Å². The number of esters is 1. The van der Waals surface area contributed by atoms with Crippen molar-refractivity contribution in [1.29, 1.82) is 0 Å². The summed E-state index contributed by atoms with van der Waals surface area (Å²) in [5, 5.41) is 8.68. The summed E-state index contributed by atoms with van der Waals surface area (Å²) in [6.07, 6.45) is 26.7. The van der Waals surface area contributed by atoms with Gasteiger partial charge in [0.05, 0.1) is 0 Å². The third-order valence-corrected chi connectivity index (χ3v) is 5.97. The first-order valence-electron chi connectivity index (χ1n) is 13.7. The SMILES string of the molecule is CCCCCCCCC/C=C\C(CCCCCCCCC(=O)O)OC(=O)CCCCCC. The van der Waals surface area contributed by atoms with Crippen molar-refractivity contribution in [3.05, 3.63) is 12.2 Å². The molecule has 1 atom stereocenters. The Morgan fingerprint density at radius 1 is 0.688 bits per heavy atom. The third kappa shape index (κ3) is 23.3. The number of carbonyl (C=O) groups excluding carboxylic acids is 1. The monoisotopic (exact) mass is 452 g/mol. The molecule has 0 fully saturated rings. The average Bonchev–Trinajstić information content (AvgIpc) is 2.76. The van der Waals surface area contributed by atoms with Gasteiger partial charge in [0.2, 0.25) is 0 Å². The molecular formula is C28H52O4. The number of allylic oxidation sites excluding steroid dienone is 1. The van der Waals surface area contributed by atoms with Crippen molar-refractivity contribution in [1.82, 2.24) is 0 Å². The number of hydrogen-bond acceptors (Lipinski definition) is 3. The largest absolute Gasteiger partial charge is 0.481 e. The lowest BCUT2D eigenvalue weighted by molar-refractivity contribution is -0.147. The molecule has 0 bridgehead atoms. The summed E-state index contributed by atoms with van der Waals surface area (Å²) in [6, 6.07) is 0. The van der Waals surface area contributed by atoms with Crippen LogP contribution in [0.15, 0.2) is 12.2 Å². The number of carboxylic acids is 1. The van der Waals surface area contributed by atoms with Crippen molar-refractivity contribution in [3.63, 3.8) is 0 Å². The van der Waals surface area contributed by atoms with Gasteiger partial charge >= 0.3 is 11.9 Å². The molecule has 32 heavy (non-hydrogen) atoms. The minimum absolute atomic E-state index is 0.0552. The number of carbonyl (C=O) groups is 2. The van der Waals surface area contributed by atoms with Gasteiger partial charge in [-0.1, -0.05) is 103 Å². The fourth-order valence-electron chi connectivity index (χ4n) is 3.91. The topological polar surface area (TPSA) is 63.6 Å². The van der Waals surface area contributed by atoms with Crippen LogP contribution >= 0.6 is 0 Å². The first-order chi connectivity index (χ1) is 15.6. The lowest BCUT2D eigenvalue weighted by Crippen LogP contribution is -2.16. The Bertz CT molecular complexity index is 458. The summed E-state index contributed by atoms with van der Waals surface area (Å²) in [7, 11) is 0. The third-order valence-electron chi connectivity index (χ3n) is 5.97. The van der Waals surface area contributed by atoms with E-state index in [-0.39, 0.29) is 18.5 Å². The molecule has 0 aliphatic heterocycles. The zero-order chi connectivity index (χ0) is 23.7. The molecule has 0 aromatic rings. The molecule has 0 aromatic heterocycles. The summed E-state index contributed by atoms with van der Waals surface area (Å²) in [4.78, 5) is 22.8. The minimum atomic E-state index is -0.701. The molecule has 0 aromatic carbocycles. The zero-order valence-corrected chi connectivity index (χ0v) is 21.3. The van der Waals surface area contributed by atoms with E-state index in [1.165, 1.54) is 57.8 Å². The van der Waals surface area contributed by atoms with Crippen molar-refractivity contribution >= 4 is 11.9 Å². The van der Waals surface area contributed by atoms with Crippen molar-refractivity contribution in [2.24, 2.45) is 0 Å². The highest BCUT2D eigenvalue weighted by Gasteiger charge is 2.11. The van der Waals surface area contributed by atoms with E-state index in [0.717, 1.165) is 64.2 Å². The number of hydrogen-bond donors (Lipinski definition) is 1. The zero-order valence-electron chi connectivity index (χ0n) is 21.3. The van der Waals surface area contributed by atoms with Gasteiger partial charge in [-0.25, -0.2) is 0 Å². The smallest absolute Gasteiger partial charge is 0.306 e. The second-order valence-electron chi connectivity index (χ2n) is 9.23. The Balaban J connectivity index is 4.13. The van der Waals surface area contributed by atoms with E-state index in [9.17, 15) is 9.59 Å². The normalized spacial score (nSPS) is 12.3. The Kier molecular flexibility index (Phi) is 23.3. The van der Waals surface area contributed by atoms with Gasteiger partial charge in [0.25, 0.3) is 0 Å². The molecule has 0 heterocycles. The Hall–Kier alpha value is -1.32. The van der Waals surface area contributed by atoms with Crippen LogP contribution in [-0.4, -0.2) is 23.1 Å². The Morgan fingerprint density at radius 2 is 1.19 bits per heavy atom. The van der Waals surface area contributed by atoms with Gasteiger partial charge in [-0.3, -0.25) is 9.59 Å². The van der Waals surface area contributed by atoms with Crippen LogP contribution in [0.3, 0.4) is 0 Å². The maximum atomic E-state index is 12.2. The van der Waals surface area contributed by atoms with Crippen LogP contribution in [-0.2, 0) is 14.3 Å². The first kappa shape index (κ1) is 30.7. The molecular weight excluding hydrogens is 400 g/mol. The summed E-state index contributed by atoms with van der Waals surface area (Å²) < 4.78 is 5.78. The quantitative estimate of drug-likeness (QED) is 0.0902. The number of rotatable bonds is 24. The molecule has 188 valence electrons. The van der Waals surface area contributed by atoms with Gasteiger partial charge in [-0.15, -0.1) is 0 Å². The van der Waals surface area contributed by atoms with Gasteiger partial charge < -0.3 is 9.84 Å². The van der Waals surface area contributed by atoms with Crippen LogP contribution in [0.25, 0.3) is 0 Å². The molecule has 4 heteroatoms. The molecule has 0 aliphatic carbocycles. The number of aliphatic carboxylic acids is 1. The van der Waals surface area contributed by atoms with Gasteiger partial charge in [0, 0.05) is 12.8 Å². The molecule has 0 saturated heterocycles. The molecule has 0 amide bonds. The molecule has 4 nitrogen and oxygen atoms in total. The molecule has 0 rings (SSSR count). The number of carboxylic acid groups (broad SMARTS) is 1. The molecule has 1 N–H and O–H groups in total. The predicted molar refractivity (Wildman–Crippen MR) is 135 cm³/mol. The summed E-state index contributed by atoms with van der Waals surface area (Å²) in [6.45, 7) is 4.43. The van der Waals surface area contributed by atoms with Crippen molar-refractivity contribution in [2.75, 3.05) is 0 Å². The Morgan fingerprint density at radius 3 is 1.81 bits per heavy atom. The lowest BCUT2D eigenvalue weighted by Gasteiger charge is -2.15. The fourth-order valence-corrected chi connectivity index (χ4v) is 3.91. The molecule has 1 unspecified atom stereocenters. The van der Waals surface area contributed by atoms with E-state index in [4.69, 9.17) is 9.84 Å². The maximum Gasteiger partial charge on any atom is 0.306 e. The highest BCUT2D eigenvalue weighted by Crippen LogP contribution is 2.15. The molecule has 0 saturated carbocycles. The van der Waals surface area contributed by atoms with Crippen molar-refractivity contribution in [2.45, 2.75) is 155 Å². The van der Waals surface area contributed by atoms with E-state index in [2.05, 4.69) is 26.0 Å². The number of ether oxygens (including phenoxy) is 1. The van der Waals surface area contributed by atoms with E-state index >= 15 is 0 Å². The van der Waals surface area contributed by atoms with Crippen LogP contribution in [0, 0.1) is 0 Å². The molecule has 0 spiro atoms. The first-order valence-corrected chi connectivity index (χ1v) is 13.7. The average molecular weight is 453 g/mol. The second kappa shape index (κ2) is 24.3. The van der Waals surface area contributed by atoms with Gasteiger partial charge in [-0.05, 0) is 44.6 Å². The van der Waals surface area contributed by atoms with E-state index < -0.39 is 5.97 Å². The summed E-state index contributed by atoms with van der Waals surface area (Å²) in [5.41, 5.74) is 0. The lowest BCUT2D eigenvalue weighted by atomic mass is 10.0. The highest BCUT2D eigenvalue weighted by atomic mass is 16.5. The maximum absolute atomic E-state index is 12.2. The standard InChI is InChI=1S/C28H52O4/c1-3-5-7-9-10-11-12-15-18-22-26(32-28(31)25-21-8-6-4-2)23-19-16-13-14-17-20-24-27(29)30/h18,22,26H,3-17,19-21,23-25H2,1-2H3,(H,29,30)/b22-18-.